The molecule has 4 rings (SSSR count). The smallest absolute Gasteiger partial charge is 0.370 e. The third-order valence-corrected chi connectivity index (χ3v) is 6.40. The van der Waals surface area contributed by atoms with Crippen LogP contribution in [0.1, 0.15) is 54.4 Å². The Balaban J connectivity index is 1.64. The van der Waals surface area contributed by atoms with Crippen LogP contribution in [0.4, 0.5) is 35.9 Å². The van der Waals surface area contributed by atoms with Crippen molar-refractivity contribution < 1.29 is 22.9 Å². The SMILES string of the molecule is O=C(Nc1cc(C(F)(F)F)ccc1N1CCCCC1)c1ccc(N2CCCCC2)c([N+](=O)[O-])c1. The zero-order valence-corrected chi connectivity index (χ0v) is 18.7. The number of nitrogens with zero attached hydrogens (tertiary/aromatic N) is 3. The van der Waals surface area contributed by atoms with Gasteiger partial charge in [-0.2, -0.15) is 13.2 Å². The van der Waals surface area contributed by atoms with Crippen LogP contribution in [0.3, 0.4) is 0 Å². The van der Waals surface area contributed by atoms with Crippen molar-refractivity contribution in [2.75, 3.05) is 41.3 Å². The lowest BCUT2D eigenvalue weighted by Crippen LogP contribution is -2.31. The van der Waals surface area contributed by atoms with Crippen molar-refractivity contribution in [1.82, 2.24) is 0 Å². The first kappa shape index (κ1) is 23.8. The Kier molecular flexibility index (Phi) is 6.95. The van der Waals surface area contributed by atoms with E-state index in [0.29, 0.717) is 37.6 Å². The van der Waals surface area contributed by atoms with Crippen LogP contribution in [-0.4, -0.2) is 37.0 Å². The topological polar surface area (TPSA) is 78.7 Å². The van der Waals surface area contributed by atoms with E-state index in [1.54, 1.807) is 6.07 Å². The number of anilines is 3. The van der Waals surface area contributed by atoms with Crippen LogP contribution in [0.25, 0.3) is 0 Å². The van der Waals surface area contributed by atoms with Crippen molar-refractivity contribution in [2.45, 2.75) is 44.7 Å². The lowest BCUT2D eigenvalue weighted by Gasteiger charge is -2.31. The maximum Gasteiger partial charge on any atom is 0.416 e. The Morgan fingerprint density at radius 2 is 1.41 bits per heavy atom. The molecule has 1 N–H and O–H groups in total. The van der Waals surface area contributed by atoms with Gasteiger partial charge in [0, 0.05) is 37.8 Å². The van der Waals surface area contributed by atoms with E-state index in [2.05, 4.69) is 5.32 Å². The third kappa shape index (κ3) is 5.26. The molecule has 0 atom stereocenters. The average Bonchev–Trinajstić information content (AvgIpc) is 2.84. The first-order valence-corrected chi connectivity index (χ1v) is 11.5. The summed E-state index contributed by atoms with van der Waals surface area (Å²) in [7, 11) is 0. The second kappa shape index (κ2) is 9.90. The quantitative estimate of drug-likeness (QED) is 0.433. The number of amides is 1. The minimum Gasteiger partial charge on any atom is -0.370 e. The molecule has 0 spiro atoms. The minimum absolute atomic E-state index is 0.0227. The first-order valence-electron chi connectivity index (χ1n) is 11.5. The second-order valence-electron chi connectivity index (χ2n) is 8.74. The number of hydrogen-bond donors (Lipinski definition) is 1. The molecule has 0 bridgehead atoms. The van der Waals surface area contributed by atoms with Crippen molar-refractivity contribution >= 4 is 28.7 Å². The maximum atomic E-state index is 13.4. The average molecular weight is 476 g/mol. The monoisotopic (exact) mass is 476 g/mol. The molecule has 2 aliphatic heterocycles. The van der Waals surface area contributed by atoms with Gasteiger partial charge in [0.15, 0.2) is 0 Å². The predicted molar refractivity (Wildman–Crippen MR) is 125 cm³/mol. The van der Waals surface area contributed by atoms with Gasteiger partial charge in [0.2, 0.25) is 0 Å². The van der Waals surface area contributed by atoms with Crippen LogP contribution in [0.15, 0.2) is 36.4 Å². The van der Waals surface area contributed by atoms with Crippen LogP contribution in [0.5, 0.6) is 0 Å². The van der Waals surface area contributed by atoms with Gasteiger partial charge in [-0.15, -0.1) is 0 Å². The first-order chi connectivity index (χ1) is 16.2. The molecule has 0 unspecified atom stereocenters. The fourth-order valence-corrected chi connectivity index (χ4v) is 4.63. The fourth-order valence-electron chi connectivity index (χ4n) is 4.63. The Bertz CT molecular complexity index is 1060. The number of carbonyl (C=O) groups excluding carboxylic acids is 1. The zero-order valence-electron chi connectivity index (χ0n) is 18.7. The molecule has 10 heteroatoms. The van der Waals surface area contributed by atoms with Gasteiger partial charge in [0.1, 0.15) is 5.69 Å². The molecule has 2 heterocycles. The summed E-state index contributed by atoms with van der Waals surface area (Å²) >= 11 is 0. The molecular formula is C24H27F3N4O3. The van der Waals surface area contributed by atoms with E-state index in [0.717, 1.165) is 50.7 Å². The number of nitrogens with one attached hydrogen (secondary N) is 1. The highest BCUT2D eigenvalue weighted by atomic mass is 19.4. The summed E-state index contributed by atoms with van der Waals surface area (Å²) in [5.74, 6) is -0.689. The molecule has 2 fully saturated rings. The van der Waals surface area contributed by atoms with Gasteiger partial charge in [-0.05, 0) is 68.9 Å². The molecular weight excluding hydrogens is 449 g/mol. The fraction of sp³-hybridized carbons (Fsp3) is 0.458. The largest absolute Gasteiger partial charge is 0.416 e. The van der Waals surface area contributed by atoms with E-state index in [9.17, 15) is 28.1 Å². The standard InChI is InChI=1S/C24H27F3N4O3/c25-24(26,27)18-8-10-20(29-11-3-1-4-12-29)19(16-18)28-23(32)17-7-9-21(22(15-17)31(33)34)30-13-5-2-6-14-30/h7-10,15-16H,1-6,11-14H2,(H,28,32). The normalized spacial score (nSPS) is 16.9. The highest BCUT2D eigenvalue weighted by molar-refractivity contribution is 6.06. The molecule has 34 heavy (non-hydrogen) atoms. The summed E-state index contributed by atoms with van der Waals surface area (Å²) in [5.41, 5.74) is -0.0152. The van der Waals surface area contributed by atoms with Gasteiger partial charge >= 0.3 is 6.18 Å². The number of hydrogen-bond acceptors (Lipinski definition) is 5. The van der Waals surface area contributed by atoms with Crippen molar-refractivity contribution in [2.24, 2.45) is 0 Å². The summed E-state index contributed by atoms with van der Waals surface area (Å²) in [5, 5.41) is 14.3. The third-order valence-electron chi connectivity index (χ3n) is 6.40. The van der Waals surface area contributed by atoms with Crippen LogP contribution in [0, 0.1) is 10.1 Å². The number of carbonyl (C=O) groups is 1. The molecule has 0 aromatic heterocycles. The van der Waals surface area contributed by atoms with Gasteiger partial charge in [-0.1, -0.05) is 0 Å². The summed E-state index contributed by atoms with van der Waals surface area (Å²) in [6.45, 7) is 2.78. The summed E-state index contributed by atoms with van der Waals surface area (Å²) < 4.78 is 40.1. The van der Waals surface area contributed by atoms with Gasteiger partial charge in [-0.25, -0.2) is 0 Å². The molecule has 182 valence electrons. The van der Waals surface area contributed by atoms with Gasteiger partial charge in [0.05, 0.1) is 21.9 Å². The highest BCUT2D eigenvalue weighted by Crippen LogP contribution is 2.37. The van der Waals surface area contributed by atoms with Gasteiger partial charge < -0.3 is 15.1 Å². The summed E-state index contributed by atoms with van der Waals surface area (Å²) in [6.07, 6.45) is 1.27. The molecule has 1 amide bonds. The van der Waals surface area contributed by atoms with E-state index in [1.165, 1.54) is 18.2 Å². The number of rotatable bonds is 5. The number of halogens is 3. The molecule has 2 aromatic rings. The second-order valence-corrected chi connectivity index (χ2v) is 8.74. The Hall–Kier alpha value is -3.30. The number of benzene rings is 2. The van der Waals surface area contributed by atoms with E-state index in [4.69, 9.17) is 0 Å². The summed E-state index contributed by atoms with van der Waals surface area (Å²) in [6, 6.07) is 7.56. The molecule has 7 nitrogen and oxygen atoms in total. The number of alkyl halides is 3. The van der Waals surface area contributed by atoms with Crippen LogP contribution < -0.4 is 15.1 Å². The van der Waals surface area contributed by atoms with Crippen LogP contribution in [-0.2, 0) is 6.18 Å². The molecule has 2 aliphatic rings. The Morgan fingerprint density at radius 3 is 1.97 bits per heavy atom. The minimum atomic E-state index is -4.56. The van der Waals surface area contributed by atoms with Crippen molar-refractivity contribution in [1.29, 1.82) is 0 Å². The molecule has 0 saturated carbocycles. The number of piperidine rings is 2. The Labute approximate surface area is 195 Å². The highest BCUT2D eigenvalue weighted by Gasteiger charge is 2.32. The van der Waals surface area contributed by atoms with Crippen molar-refractivity contribution in [3.63, 3.8) is 0 Å². The lowest BCUT2D eigenvalue weighted by atomic mass is 10.1. The lowest BCUT2D eigenvalue weighted by molar-refractivity contribution is -0.384. The number of nitro groups is 1. The summed E-state index contributed by atoms with van der Waals surface area (Å²) in [4.78, 5) is 28.1. The van der Waals surface area contributed by atoms with Crippen molar-refractivity contribution in [3.05, 3.63) is 57.6 Å². The molecule has 0 radical (unpaired) electrons. The van der Waals surface area contributed by atoms with Gasteiger partial charge in [-0.3, -0.25) is 14.9 Å². The van der Waals surface area contributed by atoms with Crippen LogP contribution >= 0.6 is 0 Å². The number of nitro benzene ring substituents is 1. The van der Waals surface area contributed by atoms with Crippen LogP contribution in [0.2, 0.25) is 0 Å². The molecule has 0 aliphatic carbocycles. The zero-order chi connectivity index (χ0) is 24.3. The van der Waals surface area contributed by atoms with E-state index >= 15 is 0 Å². The molecule has 2 saturated heterocycles. The van der Waals surface area contributed by atoms with Gasteiger partial charge in [0.25, 0.3) is 11.6 Å². The van der Waals surface area contributed by atoms with E-state index in [-0.39, 0.29) is 16.9 Å². The molecule has 2 aromatic carbocycles. The predicted octanol–water partition coefficient (Wildman–Crippen LogP) is 5.85. The van der Waals surface area contributed by atoms with Crippen molar-refractivity contribution in [3.8, 4) is 0 Å². The van der Waals surface area contributed by atoms with E-state index < -0.39 is 22.6 Å². The van der Waals surface area contributed by atoms with E-state index in [1.807, 2.05) is 9.80 Å². The maximum absolute atomic E-state index is 13.4. The Morgan fingerprint density at radius 1 is 0.853 bits per heavy atom.